The maximum Gasteiger partial charge on any atom is 0.194 e. The highest BCUT2D eigenvalue weighted by atomic mass is 16.5. The zero-order valence-electron chi connectivity index (χ0n) is 7.41. The molecular weight excluding hydrogens is 164 g/mol. The first-order chi connectivity index (χ1) is 6.27. The van der Waals surface area contributed by atoms with Gasteiger partial charge >= 0.3 is 0 Å². The second-order valence-electron chi connectivity index (χ2n) is 3.04. The minimum Gasteiger partial charge on any atom is -0.454 e. The van der Waals surface area contributed by atoms with Crippen molar-refractivity contribution < 1.29 is 9.53 Å². The van der Waals surface area contributed by atoms with Crippen molar-refractivity contribution in [1.29, 1.82) is 0 Å². The summed E-state index contributed by atoms with van der Waals surface area (Å²) in [4.78, 5) is 11.0. The number of ether oxygens (including phenoxy) is 1. The highest BCUT2D eigenvalue weighted by molar-refractivity contribution is 5.92. The molecule has 0 atom stereocenters. The van der Waals surface area contributed by atoms with Crippen molar-refractivity contribution in [1.82, 2.24) is 0 Å². The third-order valence-corrected chi connectivity index (χ3v) is 2.05. The number of benzene rings is 1. The number of fused-ring (bicyclic) bond motifs is 1. The molecule has 1 heterocycles. The van der Waals surface area contributed by atoms with Crippen molar-refractivity contribution in [3.05, 3.63) is 41.7 Å². The van der Waals surface area contributed by atoms with Gasteiger partial charge in [0.2, 0.25) is 0 Å². The van der Waals surface area contributed by atoms with Gasteiger partial charge in [-0.2, -0.15) is 0 Å². The first kappa shape index (κ1) is 8.05. The molecule has 0 saturated carbocycles. The SMILES string of the molecule is CC(=O)C1=CCc2ccccc2O1. The fourth-order valence-corrected chi connectivity index (χ4v) is 1.35. The van der Waals surface area contributed by atoms with Gasteiger partial charge in [0.15, 0.2) is 11.5 Å². The van der Waals surface area contributed by atoms with E-state index in [0.29, 0.717) is 5.76 Å². The highest BCUT2D eigenvalue weighted by Gasteiger charge is 2.14. The van der Waals surface area contributed by atoms with Gasteiger partial charge in [-0.25, -0.2) is 0 Å². The number of allylic oxidation sites excluding steroid dienone is 2. The van der Waals surface area contributed by atoms with Crippen LogP contribution in [0.2, 0.25) is 0 Å². The van der Waals surface area contributed by atoms with Crippen LogP contribution in [-0.2, 0) is 11.2 Å². The van der Waals surface area contributed by atoms with Crippen molar-refractivity contribution in [2.75, 3.05) is 0 Å². The predicted octanol–water partition coefficient (Wildman–Crippen LogP) is 2.09. The minimum absolute atomic E-state index is 0.0190. The number of hydrogen-bond acceptors (Lipinski definition) is 2. The fraction of sp³-hybridized carbons (Fsp3) is 0.182. The fourth-order valence-electron chi connectivity index (χ4n) is 1.35. The van der Waals surface area contributed by atoms with Gasteiger partial charge in [0.25, 0.3) is 0 Å². The molecule has 0 radical (unpaired) electrons. The third kappa shape index (κ3) is 1.47. The third-order valence-electron chi connectivity index (χ3n) is 2.05. The Kier molecular flexibility index (Phi) is 1.89. The topological polar surface area (TPSA) is 26.3 Å². The molecule has 0 unspecified atom stereocenters. The van der Waals surface area contributed by atoms with Crippen LogP contribution in [-0.4, -0.2) is 5.78 Å². The van der Waals surface area contributed by atoms with Crippen LogP contribution < -0.4 is 4.74 Å². The molecule has 2 rings (SSSR count). The smallest absolute Gasteiger partial charge is 0.194 e. The molecule has 0 amide bonds. The Bertz CT molecular complexity index is 377. The number of ketones is 1. The van der Waals surface area contributed by atoms with E-state index in [4.69, 9.17) is 4.74 Å². The molecule has 0 spiro atoms. The Hall–Kier alpha value is -1.57. The summed E-state index contributed by atoms with van der Waals surface area (Å²) in [6, 6.07) is 7.75. The van der Waals surface area contributed by atoms with Crippen LogP contribution in [0.25, 0.3) is 0 Å². The minimum atomic E-state index is -0.0190. The van der Waals surface area contributed by atoms with Crippen LogP contribution in [0, 0.1) is 0 Å². The van der Waals surface area contributed by atoms with Gasteiger partial charge in [0.1, 0.15) is 5.75 Å². The van der Waals surface area contributed by atoms with E-state index in [2.05, 4.69) is 0 Å². The summed E-state index contributed by atoms with van der Waals surface area (Å²) in [5.41, 5.74) is 1.13. The maximum atomic E-state index is 11.0. The van der Waals surface area contributed by atoms with E-state index in [1.165, 1.54) is 6.92 Å². The van der Waals surface area contributed by atoms with Crippen molar-refractivity contribution >= 4 is 5.78 Å². The Balaban J connectivity index is 2.33. The lowest BCUT2D eigenvalue weighted by molar-refractivity contribution is -0.115. The first-order valence-electron chi connectivity index (χ1n) is 4.24. The largest absolute Gasteiger partial charge is 0.454 e. The van der Waals surface area contributed by atoms with Crippen molar-refractivity contribution in [3.63, 3.8) is 0 Å². The summed E-state index contributed by atoms with van der Waals surface area (Å²) in [6.45, 7) is 1.51. The van der Waals surface area contributed by atoms with Crippen molar-refractivity contribution in [2.24, 2.45) is 0 Å². The summed E-state index contributed by atoms with van der Waals surface area (Å²) in [6.07, 6.45) is 2.61. The number of rotatable bonds is 1. The quantitative estimate of drug-likeness (QED) is 0.651. The summed E-state index contributed by atoms with van der Waals surface area (Å²) in [5.74, 6) is 1.24. The zero-order chi connectivity index (χ0) is 9.26. The molecule has 0 saturated heterocycles. The summed E-state index contributed by atoms with van der Waals surface area (Å²) in [7, 11) is 0. The Labute approximate surface area is 76.8 Å². The van der Waals surface area contributed by atoms with Crippen LogP contribution in [0.15, 0.2) is 36.1 Å². The van der Waals surface area contributed by atoms with Gasteiger partial charge in [-0.15, -0.1) is 0 Å². The lowest BCUT2D eigenvalue weighted by atomic mass is 10.1. The lowest BCUT2D eigenvalue weighted by Gasteiger charge is -2.15. The number of carbonyl (C=O) groups excluding carboxylic acids is 1. The highest BCUT2D eigenvalue weighted by Crippen LogP contribution is 2.25. The number of hydrogen-bond donors (Lipinski definition) is 0. The van der Waals surface area contributed by atoms with Crippen molar-refractivity contribution in [3.8, 4) is 5.75 Å². The molecule has 0 fully saturated rings. The number of para-hydroxylation sites is 1. The van der Waals surface area contributed by atoms with E-state index in [0.717, 1.165) is 17.7 Å². The molecule has 0 N–H and O–H groups in total. The Morgan fingerprint density at radius 2 is 2.15 bits per heavy atom. The number of carbonyl (C=O) groups is 1. The van der Waals surface area contributed by atoms with Crippen LogP contribution in [0.4, 0.5) is 0 Å². The molecule has 0 aromatic heterocycles. The van der Waals surface area contributed by atoms with Crippen LogP contribution in [0.1, 0.15) is 12.5 Å². The number of Topliss-reactive ketones (excluding diaryl/α,β-unsaturated/α-hetero) is 1. The lowest BCUT2D eigenvalue weighted by Crippen LogP contribution is -2.10. The maximum absolute atomic E-state index is 11.0. The molecule has 13 heavy (non-hydrogen) atoms. The molecule has 2 heteroatoms. The molecule has 1 aliphatic heterocycles. The summed E-state index contributed by atoms with van der Waals surface area (Å²) in [5, 5.41) is 0. The van der Waals surface area contributed by atoms with Gasteiger partial charge in [0, 0.05) is 6.92 Å². The van der Waals surface area contributed by atoms with E-state index in [1.54, 1.807) is 0 Å². The molecule has 0 bridgehead atoms. The van der Waals surface area contributed by atoms with E-state index in [-0.39, 0.29) is 5.78 Å². The standard InChI is InChI=1S/C11H10O2/c1-8(12)10-7-6-9-4-2-3-5-11(9)13-10/h2-5,7H,6H2,1H3. The summed E-state index contributed by atoms with van der Waals surface area (Å²) < 4.78 is 5.40. The van der Waals surface area contributed by atoms with Gasteiger partial charge in [0.05, 0.1) is 0 Å². The molecule has 2 nitrogen and oxygen atoms in total. The van der Waals surface area contributed by atoms with Gasteiger partial charge < -0.3 is 4.74 Å². The first-order valence-corrected chi connectivity index (χ1v) is 4.24. The van der Waals surface area contributed by atoms with Crippen LogP contribution >= 0.6 is 0 Å². The summed E-state index contributed by atoms with van der Waals surface area (Å²) >= 11 is 0. The molecule has 1 aliphatic rings. The normalized spacial score (nSPS) is 14.1. The van der Waals surface area contributed by atoms with Gasteiger partial charge in [-0.3, -0.25) is 4.79 Å². The average Bonchev–Trinajstić information content (AvgIpc) is 2.17. The molecule has 1 aromatic rings. The zero-order valence-corrected chi connectivity index (χ0v) is 7.41. The predicted molar refractivity (Wildman–Crippen MR) is 49.5 cm³/mol. The molecule has 1 aromatic carbocycles. The van der Waals surface area contributed by atoms with Crippen molar-refractivity contribution in [2.45, 2.75) is 13.3 Å². The van der Waals surface area contributed by atoms with Gasteiger partial charge in [-0.1, -0.05) is 18.2 Å². The van der Waals surface area contributed by atoms with E-state index >= 15 is 0 Å². The second-order valence-corrected chi connectivity index (χ2v) is 3.04. The average molecular weight is 174 g/mol. The monoisotopic (exact) mass is 174 g/mol. The van der Waals surface area contributed by atoms with Crippen LogP contribution in [0.5, 0.6) is 5.75 Å². The van der Waals surface area contributed by atoms with E-state index < -0.39 is 0 Å². The molecule has 66 valence electrons. The van der Waals surface area contributed by atoms with Gasteiger partial charge in [-0.05, 0) is 24.1 Å². The second kappa shape index (κ2) is 3.05. The Morgan fingerprint density at radius 1 is 1.38 bits per heavy atom. The molecule has 0 aliphatic carbocycles. The van der Waals surface area contributed by atoms with E-state index in [9.17, 15) is 4.79 Å². The Morgan fingerprint density at radius 3 is 2.92 bits per heavy atom. The van der Waals surface area contributed by atoms with Crippen LogP contribution in [0.3, 0.4) is 0 Å². The van der Waals surface area contributed by atoms with E-state index in [1.807, 2.05) is 30.3 Å². The molecular formula is C11H10O2.